The molecule has 1 N–H and O–H groups in total. The summed E-state index contributed by atoms with van der Waals surface area (Å²) in [5, 5.41) is 2.63. The lowest BCUT2D eigenvalue weighted by Gasteiger charge is -2.24. The highest BCUT2D eigenvalue weighted by atomic mass is 19.4. The molecule has 1 aromatic rings. The molecule has 0 atom stereocenters. The van der Waals surface area contributed by atoms with Gasteiger partial charge < -0.3 is 10.1 Å². The smallest absolute Gasteiger partial charge is 0.416 e. The van der Waals surface area contributed by atoms with Crippen LogP contribution in [0.25, 0.3) is 0 Å². The fourth-order valence-corrected chi connectivity index (χ4v) is 2.93. The molecule has 2 rings (SSSR count). The quantitative estimate of drug-likeness (QED) is 0.520. The minimum absolute atomic E-state index is 0.00919. The molecule has 1 heterocycles. The van der Waals surface area contributed by atoms with Gasteiger partial charge in [-0.25, -0.2) is 4.79 Å². The minimum atomic E-state index is -4.60. The van der Waals surface area contributed by atoms with Gasteiger partial charge in [0.15, 0.2) is 0 Å². The highest BCUT2D eigenvalue weighted by Crippen LogP contribution is 2.31. The van der Waals surface area contributed by atoms with Gasteiger partial charge in [0.05, 0.1) is 12.2 Å². The molecule has 0 aliphatic carbocycles. The van der Waals surface area contributed by atoms with Crippen molar-refractivity contribution in [2.75, 3.05) is 13.2 Å². The number of halogens is 3. The number of carbonyl (C=O) groups excluding carboxylic acids is 3. The van der Waals surface area contributed by atoms with Crippen molar-refractivity contribution in [1.29, 1.82) is 0 Å². The Hall–Kier alpha value is -2.64. The predicted octanol–water partition coefficient (Wildman–Crippen LogP) is 3.86. The van der Waals surface area contributed by atoms with Gasteiger partial charge in [-0.1, -0.05) is 20.4 Å². The van der Waals surface area contributed by atoms with E-state index in [9.17, 15) is 27.6 Å². The summed E-state index contributed by atoms with van der Waals surface area (Å²) in [5.41, 5.74) is -1.81. The number of alkyl halides is 3. The predicted molar refractivity (Wildman–Crippen MR) is 100 cm³/mol. The maximum atomic E-state index is 13.1. The van der Waals surface area contributed by atoms with Gasteiger partial charge in [-0.2, -0.15) is 13.2 Å². The number of amides is 1. The van der Waals surface area contributed by atoms with E-state index in [1.165, 1.54) is 0 Å². The largest absolute Gasteiger partial charge is 0.462 e. The second kappa shape index (κ2) is 8.80. The van der Waals surface area contributed by atoms with Gasteiger partial charge in [0.1, 0.15) is 5.78 Å². The molecule has 0 radical (unpaired) electrons. The standard InChI is InChI=1S/C21H24F3NO4/c1-13-10-14-11-15(21(22,23)24)7-8-16(14)18(27)25-12-20(2,3)17(26)6-4-5-9-29-19(13)28/h7-8,11H,1,4-6,9-10,12H2,2-3H3,(H,25,27). The number of hydrogen-bond acceptors (Lipinski definition) is 4. The van der Waals surface area contributed by atoms with Gasteiger partial charge >= 0.3 is 12.1 Å². The molecule has 158 valence electrons. The summed E-state index contributed by atoms with van der Waals surface area (Å²) in [5.74, 6) is -1.42. The number of ether oxygens (including phenoxy) is 1. The molecule has 0 saturated heterocycles. The maximum Gasteiger partial charge on any atom is 0.416 e. The first-order valence-electron chi connectivity index (χ1n) is 9.28. The fourth-order valence-electron chi connectivity index (χ4n) is 2.93. The van der Waals surface area contributed by atoms with Gasteiger partial charge in [-0.3, -0.25) is 9.59 Å². The van der Waals surface area contributed by atoms with Crippen LogP contribution in [0.5, 0.6) is 0 Å². The number of ketones is 1. The monoisotopic (exact) mass is 411 g/mol. The number of carbonyl (C=O) groups is 3. The van der Waals surface area contributed by atoms with E-state index in [1.54, 1.807) is 13.8 Å². The maximum absolute atomic E-state index is 13.1. The Morgan fingerprint density at radius 1 is 1.14 bits per heavy atom. The summed E-state index contributed by atoms with van der Waals surface area (Å²) in [7, 11) is 0. The number of Topliss-reactive ketones (excluding diaryl/α,β-unsaturated/α-hetero) is 1. The highest BCUT2D eigenvalue weighted by molar-refractivity contribution is 5.97. The molecule has 1 amide bonds. The molecule has 0 bridgehead atoms. The Balaban J connectivity index is 2.41. The lowest BCUT2D eigenvalue weighted by atomic mass is 9.85. The van der Waals surface area contributed by atoms with Crippen LogP contribution in [0.15, 0.2) is 30.4 Å². The van der Waals surface area contributed by atoms with E-state index in [1.807, 2.05) is 0 Å². The zero-order valence-corrected chi connectivity index (χ0v) is 16.4. The van der Waals surface area contributed by atoms with E-state index in [0.29, 0.717) is 12.8 Å². The van der Waals surface area contributed by atoms with Crippen molar-refractivity contribution in [3.8, 4) is 0 Å². The fraction of sp³-hybridized carbons (Fsp3) is 0.476. The SMILES string of the molecule is C=C1Cc2cc(C(F)(F)F)ccc2C(=O)NCC(C)(C)C(=O)CCCCOC1=O. The third kappa shape index (κ3) is 5.92. The Bertz CT molecular complexity index is 828. The topological polar surface area (TPSA) is 72.5 Å². The minimum Gasteiger partial charge on any atom is -0.462 e. The van der Waals surface area contributed by atoms with Crippen molar-refractivity contribution in [2.45, 2.75) is 45.7 Å². The van der Waals surface area contributed by atoms with Crippen LogP contribution in [0.4, 0.5) is 13.2 Å². The number of hydrogen-bond donors (Lipinski definition) is 1. The average molecular weight is 411 g/mol. The molecule has 0 fully saturated rings. The molecule has 5 nitrogen and oxygen atoms in total. The molecule has 0 spiro atoms. The normalized spacial score (nSPS) is 19.5. The number of rotatable bonds is 0. The van der Waals surface area contributed by atoms with Gasteiger partial charge in [-0.05, 0) is 36.6 Å². The van der Waals surface area contributed by atoms with E-state index < -0.39 is 29.0 Å². The highest BCUT2D eigenvalue weighted by Gasteiger charge is 2.32. The molecular weight excluding hydrogens is 387 g/mol. The number of cyclic esters (lactones) is 1. The second-order valence-corrected chi connectivity index (χ2v) is 7.73. The van der Waals surface area contributed by atoms with Gasteiger partial charge in [0.25, 0.3) is 5.91 Å². The summed E-state index contributed by atoms with van der Waals surface area (Å²) in [6, 6.07) is 2.71. The van der Waals surface area contributed by atoms with Gasteiger partial charge in [-0.15, -0.1) is 0 Å². The molecule has 1 aliphatic rings. The number of fused-ring (bicyclic) bond motifs is 1. The summed E-state index contributed by atoms with van der Waals surface area (Å²) in [4.78, 5) is 37.1. The first-order chi connectivity index (χ1) is 13.4. The van der Waals surface area contributed by atoms with Crippen molar-refractivity contribution >= 4 is 17.7 Å². The number of benzene rings is 1. The van der Waals surface area contributed by atoms with Crippen molar-refractivity contribution in [1.82, 2.24) is 5.32 Å². The van der Waals surface area contributed by atoms with Crippen LogP contribution >= 0.6 is 0 Å². The van der Waals surface area contributed by atoms with Crippen LogP contribution in [0, 0.1) is 5.41 Å². The van der Waals surface area contributed by atoms with Crippen molar-refractivity contribution in [3.05, 3.63) is 47.0 Å². The lowest BCUT2D eigenvalue weighted by Crippen LogP contribution is -2.39. The molecular formula is C21H24F3NO4. The van der Waals surface area contributed by atoms with Gasteiger partial charge in [0, 0.05) is 35.9 Å². The molecule has 1 aromatic carbocycles. The van der Waals surface area contributed by atoms with Gasteiger partial charge in [0.2, 0.25) is 0 Å². The lowest BCUT2D eigenvalue weighted by molar-refractivity contribution is -0.139. The average Bonchev–Trinajstić information content (AvgIpc) is 2.64. The van der Waals surface area contributed by atoms with Crippen LogP contribution in [0.2, 0.25) is 0 Å². The summed E-state index contributed by atoms with van der Waals surface area (Å²) >= 11 is 0. The number of nitrogens with one attached hydrogen (secondary N) is 1. The van der Waals surface area contributed by atoms with E-state index in [0.717, 1.165) is 18.2 Å². The molecule has 0 saturated carbocycles. The summed E-state index contributed by atoms with van der Waals surface area (Å²) in [6.07, 6.45) is -3.59. The zero-order chi connectivity index (χ0) is 21.8. The zero-order valence-electron chi connectivity index (χ0n) is 16.4. The molecule has 1 aliphatic heterocycles. The summed E-state index contributed by atoms with van der Waals surface area (Å²) < 4.78 is 44.4. The van der Waals surface area contributed by atoms with Crippen LogP contribution in [-0.4, -0.2) is 30.8 Å². The number of esters is 1. The Morgan fingerprint density at radius 2 is 1.83 bits per heavy atom. The Kier molecular flexibility index (Phi) is 6.87. The van der Waals surface area contributed by atoms with E-state index >= 15 is 0 Å². The third-order valence-electron chi connectivity index (χ3n) is 4.85. The second-order valence-electron chi connectivity index (χ2n) is 7.73. The molecule has 29 heavy (non-hydrogen) atoms. The van der Waals surface area contributed by atoms with Crippen molar-refractivity contribution in [3.63, 3.8) is 0 Å². The van der Waals surface area contributed by atoms with Crippen molar-refractivity contribution < 1.29 is 32.3 Å². The molecule has 0 aromatic heterocycles. The Morgan fingerprint density at radius 3 is 2.48 bits per heavy atom. The van der Waals surface area contributed by atoms with Crippen LogP contribution < -0.4 is 5.32 Å². The molecule has 0 unspecified atom stereocenters. The van der Waals surface area contributed by atoms with E-state index in [4.69, 9.17) is 4.74 Å². The Labute approximate surface area is 167 Å². The van der Waals surface area contributed by atoms with Crippen LogP contribution in [-0.2, 0) is 26.9 Å². The van der Waals surface area contributed by atoms with Crippen LogP contribution in [0.3, 0.4) is 0 Å². The summed E-state index contributed by atoms with van der Waals surface area (Å²) in [6.45, 7) is 7.11. The first kappa shape index (κ1) is 22.6. The first-order valence-corrected chi connectivity index (χ1v) is 9.28. The van der Waals surface area contributed by atoms with Crippen molar-refractivity contribution in [2.24, 2.45) is 5.41 Å². The van der Waals surface area contributed by atoms with Crippen LogP contribution in [0.1, 0.15) is 54.6 Å². The molecule has 8 heteroatoms. The third-order valence-corrected chi connectivity index (χ3v) is 4.85. The van der Waals surface area contributed by atoms with E-state index in [2.05, 4.69) is 11.9 Å². The van der Waals surface area contributed by atoms with E-state index in [-0.39, 0.29) is 48.5 Å².